The molecule has 1 unspecified atom stereocenters. The number of rotatable bonds is 2. The number of nitrogens with zero attached hydrogens (tertiary/aromatic N) is 4. The summed E-state index contributed by atoms with van der Waals surface area (Å²) < 4.78 is 5.42. The van der Waals surface area contributed by atoms with Crippen LogP contribution in [0.15, 0.2) is 4.42 Å². The normalized spacial score (nSPS) is 19.4. The summed E-state index contributed by atoms with van der Waals surface area (Å²) in [7, 11) is 1.80. The lowest BCUT2D eigenvalue weighted by Gasteiger charge is -2.16. The van der Waals surface area contributed by atoms with Gasteiger partial charge >= 0.3 is 6.01 Å². The average Bonchev–Trinajstić information content (AvgIpc) is 2.70. The van der Waals surface area contributed by atoms with Crippen molar-refractivity contribution in [2.45, 2.75) is 18.7 Å². The van der Waals surface area contributed by atoms with Crippen molar-refractivity contribution < 1.29 is 9.21 Å². The van der Waals surface area contributed by atoms with Gasteiger partial charge in [0.15, 0.2) is 0 Å². The zero-order chi connectivity index (χ0) is 12.4. The quantitative estimate of drug-likeness (QED) is 0.742. The molecule has 0 spiro atoms. The third kappa shape index (κ3) is 2.69. The van der Waals surface area contributed by atoms with Crippen LogP contribution < -0.4 is 4.90 Å². The van der Waals surface area contributed by atoms with Crippen molar-refractivity contribution in [2.75, 3.05) is 31.6 Å². The van der Waals surface area contributed by atoms with Gasteiger partial charge in [-0.3, -0.25) is 4.79 Å². The fourth-order valence-electron chi connectivity index (χ4n) is 1.66. The second kappa shape index (κ2) is 4.91. The Labute approximate surface area is 105 Å². The summed E-state index contributed by atoms with van der Waals surface area (Å²) >= 11 is 5.85. The summed E-state index contributed by atoms with van der Waals surface area (Å²) in [4.78, 5) is 15.2. The van der Waals surface area contributed by atoms with Gasteiger partial charge in [-0.1, -0.05) is 5.10 Å². The van der Waals surface area contributed by atoms with Crippen LogP contribution in [0.25, 0.3) is 0 Å². The first-order valence-electron chi connectivity index (χ1n) is 5.54. The number of alkyl halides is 1. The average molecular weight is 259 g/mol. The predicted molar refractivity (Wildman–Crippen MR) is 63.0 cm³/mol. The highest BCUT2D eigenvalue weighted by Gasteiger charge is 2.23. The molecule has 6 nitrogen and oxygen atoms in total. The smallest absolute Gasteiger partial charge is 0.318 e. The lowest BCUT2D eigenvalue weighted by atomic mass is 10.4. The van der Waals surface area contributed by atoms with E-state index in [1.165, 1.54) is 0 Å². The molecule has 2 rings (SSSR count). The number of carbonyl (C=O) groups is 1. The van der Waals surface area contributed by atoms with Crippen LogP contribution in [0, 0.1) is 0 Å². The molecule has 0 saturated carbocycles. The van der Waals surface area contributed by atoms with Gasteiger partial charge in [-0.05, 0) is 13.3 Å². The van der Waals surface area contributed by atoms with Crippen molar-refractivity contribution in [3.05, 3.63) is 5.89 Å². The van der Waals surface area contributed by atoms with Crippen molar-refractivity contribution >= 4 is 23.5 Å². The van der Waals surface area contributed by atoms with Crippen LogP contribution in [-0.4, -0.2) is 47.7 Å². The van der Waals surface area contributed by atoms with Crippen LogP contribution in [0.5, 0.6) is 0 Å². The Bertz CT molecular complexity index is 407. The Balaban J connectivity index is 2.12. The molecule has 1 amide bonds. The third-order valence-electron chi connectivity index (χ3n) is 2.71. The number of anilines is 1. The van der Waals surface area contributed by atoms with Gasteiger partial charge in [-0.2, -0.15) is 0 Å². The highest BCUT2D eigenvalue weighted by molar-refractivity contribution is 6.20. The summed E-state index contributed by atoms with van der Waals surface area (Å²) in [6, 6.07) is 0.371. The highest BCUT2D eigenvalue weighted by atomic mass is 35.5. The summed E-state index contributed by atoms with van der Waals surface area (Å²) in [5.74, 6) is 0.438. The van der Waals surface area contributed by atoms with Crippen LogP contribution in [0.2, 0.25) is 0 Å². The molecular weight excluding hydrogens is 244 g/mol. The fourth-order valence-corrected chi connectivity index (χ4v) is 1.75. The summed E-state index contributed by atoms with van der Waals surface area (Å²) in [5, 5.41) is 7.45. The standard InChI is InChI=1S/C10H15ClN4O2/c1-7(11)9-12-13-10(17-9)15-5-3-4-14(2)8(16)6-15/h7H,3-6H2,1-2H3. The Morgan fingerprint density at radius 2 is 2.18 bits per heavy atom. The molecule has 0 aromatic carbocycles. The Kier molecular flexibility index (Phi) is 3.51. The molecular formula is C10H15ClN4O2. The van der Waals surface area contributed by atoms with Crippen molar-refractivity contribution in [3.63, 3.8) is 0 Å². The molecule has 1 saturated heterocycles. The van der Waals surface area contributed by atoms with Gasteiger partial charge in [0.25, 0.3) is 0 Å². The maximum Gasteiger partial charge on any atom is 0.318 e. The van der Waals surface area contributed by atoms with E-state index in [0.29, 0.717) is 11.9 Å². The van der Waals surface area contributed by atoms with E-state index in [0.717, 1.165) is 19.5 Å². The predicted octanol–water partition coefficient (Wildman–Crippen LogP) is 1.04. The van der Waals surface area contributed by atoms with Crippen molar-refractivity contribution in [2.24, 2.45) is 0 Å². The molecule has 1 aromatic heterocycles. The molecule has 0 bridgehead atoms. The van der Waals surface area contributed by atoms with Crippen molar-refractivity contribution in [1.82, 2.24) is 15.1 Å². The Morgan fingerprint density at radius 1 is 1.41 bits per heavy atom. The lowest BCUT2D eigenvalue weighted by molar-refractivity contribution is -0.127. The Morgan fingerprint density at radius 3 is 2.82 bits per heavy atom. The second-order valence-corrected chi connectivity index (χ2v) is 4.78. The summed E-state index contributed by atoms with van der Waals surface area (Å²) in [6.07, 6.45) is 0.885. The monoisotopic (exact) mass is 258 g/mol. The first kappa shape index (κ1) is 12.2. The molecule has 0 N–H and O–H groups in total. The van der Waals surface area contributed by atoms with Crippen molar-refractivity contribution in [3.8, 4) is 0 Å². The molecule has 17 heavy (non-hydrogen) atoms. The number of hydrogen-bond donors (Lipinski definition) is 0. The van der Waals surface area contributed by atoms with Gasteiger partial charge in [0.2, 0.25) is 11.8 Å². The van der Waals surface area contributed by atoms with E-state index in [1.54, 1.807) is 23.8 Å². The Hall–Kier alpha value is -1.30. The van der Waals surface area contributed by atoms with Crippen molar-refractivity contribution in [1.29, 1.82) is 0 Å². The number of aromatic nitrogens is 2. The molecule has 94 valence electrons. The van der Waals surface area contributed by atoms with Crippen LogP contribution >= 0.6 is 11.6 Å². The molecule has 1 fully saturated rings. The minimum absolute atomic E-state index is 0.0566. The lowest BCUT2D eigenvalue weighted by Crippen LogP contribution is -2.34. The number of hydrogen-bond acceptors (Lipinski definition) is 5. The van der Waals surface area contributed by atoms with E-state index in [-0.39, 0.29) is 17.8 Å². The van der Waals surface area contributed by atoms with E-state index >= 15 is 0 Å². The minimum Gasteiger partial charge on any atom is -0.406 e. The van der Waals surface area contributed by atoms with Crippen LogP contribution in [0.4, 0.5) is 6.01 Å². The van der Waals surface area contributed by atoms with Crippen LogP contribution in [0.1, 0.15) is 24.6 Å². The van der Waals surface area contributed by atoms with E-state index in [2.05, 4.69) is 10.2 Å². The van der Waals surface area contributed by atoms with Gasteiger partial charge in [-0.25, -0.2) is 0 Å². The number of halogens is 1. The minimum atomic E-state index is -0.318. The zero-order valence-corrected chi connectivity index (χ0v) is 10.6. The highest BCUT2D eigenvalue weighted by Crippen LogP contribution is 2.22. The van der Waals surface area contributed by atoms with E-state index in [4.69, 9.17) is 16.0 Å². The van der Waals surface area contributed by atoms with Gasteiger partial charge in [-0.15, -0.1) is 16.7 Å². The topological polar surface area (TPSA) is 62.5 Å². The summed E-state index contributed by atoms with van der Waals surface area (Å²) in [5.41, 5.74) is 0. The fraction of sp³-hybridized carbons (Fsp3) is 0.700. The van der Waals surface area contributed by atoms with E-state index in [1.807, 2.05) is 0 Å². The number of carbonyl (C=O) groups excluding carboxylic acids is 1. The van der Waals surface area contributed by atoms with Gasteiger partial charge in [0, 0.05) is 20.1 Å². The molecule has 7 heteroatoms. The molecule has 0 aliphatic carbocycles. The van der Waals surface area contributed by atoms with Gasteiger partial charge < -0.3 is 14.2 Å². The van der Waals surface area contributed by atoms with Crippen LogP contribution in [-0.2, 0) is 4.79 Å². The van der Waals surface area contributed by atoms with Gasteiger partial charge in [0.1, 0.15) is 11.9 Å². The maximum atomic E-state index is 11.7. The largest absolute Gasteiger partial charge is 0.406 e. The van der Waals surface area contributed by atoms with E-state index in [9.17, 15) is 4.79 Å². The molecule has 1 atom stereocenters. The van der Waals surface area contributed by atoms with Crippen LogP contribution in [0.3, 0.4) is 0 Å². The molecule has 0 radical (unpaired) electrons. The van der Waals surface area contributed by atoms with Gasteiger partial charge in [0.05, 0.1) is 0 Å². The summed E-state index contributed by atoms with van der Waals surface area (Å²) in [6.45, 7) is 3.52. The SMILES string of the molecule is CC(Cl)c1nnc(N2CCCN(C)C(=O)C2)o1. The second-order valence-electron chi connectivity index (χ2n) is 4.13. The molecule has 2 heterocycles. The number of likely N-dealkylation sites (N-methyl/N-ethyl adjacent to an activating group) is 1. The van der Waals surface area contributed by atoms with E-state index < -0.39 is 0 Å². The molecule has 1 aromatic rings. The first-order valence-corrected chi connectivity index (χ1v) is 5.98. The maximum absolute atomic E-state index is 11.7. The third-order valence-corrected chi connectivity index (χ3v) is 2.90. The molecule has 1 aliphatic heterocycles. The first-order chi connectivity index (χ1) is 8.08. The zero-order valence-electron chi connectivity index (χ0n) is 9.89. The number of amides is 1. The molecule has 1 aliphatic rings.